The lowest BCUT2D eigenvalue weighted by Crippen LogP contribution is -2.11. The lowest BCUT2D eigenvalue weighted by molar-refractivity contribution is -0.117. The van der Waals surface area contributed by atoms with Crippen LogP contribution >= 0.6 is 22.7 Å². The van der Waals surface area contributed by atoms with Gasteiger partial charge in [-0.1, -0.05) is 54.1 Å². The summed E-state index contributed by atoms with van der Waals surface area (Å²) in [7, 11) is 3.24. The van der Waals surface area contributed by atoms with Gasteiger partial charge in [0.15, 0.2) is 10.3 Å². The normalized spacial score (nSPS) is 11.1. The third-order valence-corrected chi connectivity index (χ3v) is 8.36. The van der Waals surface area contributed by atoms with Crippen molar-refractivity contribution in [3.63, 3.8) is 0 Å². The zero-order chi connectivity index (χ0) is 26.4. The van der Waals surface area contributed by atoms with Crippen LogP contribution in [0.15, 0.2) is 24.3 Å². The lowest BCUT2D eigenvalue weighted by Gasteiger charge is -2.03. The number of nitrogens with one attached hydrogen (secondary N) is 2. The molecule has 0 fully saturated rings. The molecule has 2 N–H and O–H groups in total. The molecule has 4 rings (SSSR count). The molecule has 196 valence electrons. The number of methoxy groups -OCH3 is 2. The number of fused-ring (bicyclic) bond motifs is 2. The predicted molar refractivity (Wildman–Crippen MR) is 151 cm³/mol. The Morgan fingerprint density at radius 2 is 1.11 bits per heavy atom. The summed E-state index contributed by atoms with van der Waals surface area (Å²) in [5, 5.41) is 7.03. The van der Waals surface area contributed by atoms with Gasteiger partial charge in [-0.25, -0.2) is 9.97 Å². The second-order valence-corrected chi connectivity index (χ2v) is 10.9. The van der Waals surface area contributed by atoms with E-state index >= 15 is 0 Å². The van der Waals surface area contributed by atoms with Crippen LogP contribution in [-0.4, -0.2) is 36.0 Å². The average Bonchev–Trinajstić information content (AvgIpc) is 3.49. The van der Waals surface area contributed by atoms with E-state index in [2.05, 4.69) is 20.6 Å². The molecule has 0 atom stereocenters. The number of aryl methyl sites for hydroxylation is 2. The molecule has 0 saturated carbocycles. The maximum atomic E-state index is 12.4. The third kappa shape index (κ3) is 6.56. The SMILES string of the molecule is COc1ccc(C)c2sc(NC(=O)CCCCCCCC(=O)Nc3nc4c(OC)ccc(C)c4s3)nc12. The summed E-state index contributed by atoms with van der Waals surface area (Å²) >= 11 is 2.94. The van der Waals surface area contributed by atoms with Crippen molar-refractivity contribution in [1.82, 2.24) is 9.97 Å². The highest BCUT2D eigenvalue weighted by Gasteiger charge is 2.14. The Hall–Kier alpha value is -3.24. The van der Waals surface area contributed by atoms with Crippen LogP contribution in [0.5, 0.6) is 11.5 Å². The number of nitrogens with zero attached hydrogens (tertiary/aromatic N) is 2. The van der Waals surface area contributed by atoms with E-state index in [1.165, 1.54) is 22.7 Å². The van der Waals surface area contributed by atoms with E-state index in [0.717, 1.165) is 63.7 Å². The molecule has 37 heavy (non-hydrogen) atoms. The number of hydrogen-bond acceptors (Lipinski definition) is 8. The predicted octanol–water partition coefficient (Wildman–Crippen LogP) is 6.85. The fraction of sp³-hybridized carbons (Fsp3) is 0.407. The van der Waals surface area contributed by atoms with Crippen molar-refractivity contribution < 1.29 is 19.1 Å². The molecule has 0 aliphatic rings. The molecule has 0 spiro atoms. The number of unbranched alkanes of at least 4 members (excludes halogenated alkanes) is 4. The first-order valence-electron chi connectivity index (χ1n) is 12.4. The van der Waals surface area contributed by atoms with E-state index in [9.17, 15) is 9.59 Å². The highest BCUT2D eigenvalue weighted by Crippen LogP contribution is 2.36. The summed E-state index contributed by atoms with van der Waals surface area (Å²) in [6.07, 6.45) is 5.38. The molecule has 0 saturated heterocycles. The van der Waals surface area contributed by atoms with Gasteiger partial charge in [0.2, 0.25) is 11.8 Å². The smallest absolute Gasteiger partial charge is 0.226 e. The second kappa shape index (κ2) is 12.3. The van der Waals surface area contributed by atoms with E-state index in [0.29, 0.717) is 34.6 Å². The minimum Gasteiger partial charge on any atom is -0.494 e. The van der Waals surface area contributed by atoms with Crippen molar-refractivity contribution in [2.45, 2.75) is 58.8 Å². The van der Waals surface area contributed by atoms with Crippen molar-refractivity contribution in [3.8, 4) is 11.5 Å². The standard InChI is InChI=1S/C27H32N4O4S2/c1-16-12-14-18(34-3)22-24(16)36-26(30-22)28-20(32)10-8-6-5-7-9-11-21(33)29-27-31-23-19(35-4)15-13-17(2)25(23)37-27/h12-15H,5-11H2,1-4H3,(H,28,30,32)(H,29,31,33). The van der Waals surface area contributed by atoms with Crippen molar-refractivity contribution >= 4 is 65.2 Å². The van der Waals surface area contributed by atoms with E-state index in [-0.39, 0.29) is 11.8 Å². The van der Waals surface area contributed by atoms with Gasteiger partial charge < -0.3 is 20.1 Å². The second-order valence-electron chi connectivity index (χ2n) is 8.93. The Morgan fingerprint density at radius 1 is 0.703 bits per heavy atom. The van der Waals surface area contributed by atoms with Gasteiger partial charge in [-0.15, -0.1) is 0 Å². The fourth-order valence-corrected chi connectivity index (χ4v) is 6.05. The molecule has 0 bridgehead atoms. The molecule has 0 unspecified atom stereocenters. The number of ether oxygens (including phenoxy) is 2. The number of benzene rings is 2. The van der Waals surface area contributed by atoms with Gasteiger partial charge in [0.05, 0.1) is 23.6 Å². The summed E-state index contributed by atoms with van der Waals surface area (Å²) in [5.74, 6) is 1.36. The van der Waals surface area contributed by atoms with E-state index in [1.807, 2.05) is 38.1 Å². The lowest BCUT2D eigenvalue weighted by atomic mass is 10.1. The number of rotatable bonds is 12. The van der Waals surface area contributed by atoms with Crippen molar-refractivity contribution in [2.75, 3.05) is 24.9 Å². The van der Waals surface area contributed by atoms with E-state index in [4.69, 9.17) is 9.47 Å². The topological polar surface area (TPSA) is 102 Å². The Balaban J connectivity index is 1.13. The van der Waals surface area contributed by atoms with Crippen LogP contribution in [0.4, 0.5) is 10.3 Å². The summed E-state index contributed by atoms with van der Waals surface area (Å²) in [5.41, 5.74) is 3.78. The van der Waals surface area contributed by atoms with E-state index < -0.39 is 0 Å². The number of amides is 2. The number of thiazole rings is 2. The number of carbonyl (C=O) groups excluding carboxylic acids is 2. The number of hydrogen-bond donors (Lipinski definition) is 2. The fourth-order valence-electron chi connectivity index (χ4n) is 4.12. The molecule has 4 aromatic rings. The Kier molecular flexibility index (Phi) is 8.94. The third-order valence-electron chi connectivity index (χ3n) is 6.15. The van der Waals surface area contributed by atoms with Crippen LogP contribution in [0, 0.1) is 13.8 Å². The van der Waals surface area contributed by atoms with Gasteiger partial charge in [-0.2, -0.15) is 0 Å². The number of aromatic nitrogens is 2. The van der Waals surface area contributed by atoms with Gasteiger partial charge in [0, 0.05) is 12.8 Å². The van der Waals surface area contributed by atoms with Crippen molar-refractivity contribution in [1.29, 1.82) is 0 Å². The minimum atomic E-state index is -0.0299. The minimum absolute atomic E-state index is 0.0299. The summed E-state index contributed by atoms with van der Waals surface area (Å²) in [4.78, 5) is 33.8. The molecule has 2 amide bonds. The number of anilines is 2. The molecule has 2 aromatic heterocycles. The Bertz CT molecular complexity index is 1310. The maximum absolute atomic E-state index is 12.4. The van der Waals surface area contributed by atoms with Gasteiger partial charge in [0.1, 0.15) is 22.5 Å². The van der Waals surface area contributed by atoms with Crippen LogP contribution in [0.3, 0.4) is 0 Å². The van der Waals surface area contributed by atoms with Crippen LogP contribution in [-0.2, 0) is 9.59 Å². The Morgan fingerprint density at radius 3 is 1.51 bits per heavy atom. The molecule has 0 aliphatic heterocycles. The molecule has 8 nitrogen and oxygen atoms in total. The van der Waals surface area contributed by atoms with Crippen molar-refractivity contribution in [3.05, 3.63) is 35.4 Å². The van der Waals surface area contributed by atoms with Crippen LogP contribution in [0.25, 0.3) is 20.4 Å². The number of carbonyl (C=O) groups is 2. The first kappa shape index (κ1) is 26.8. The zero-order valence-corrected chi connectivity index (χ0v) is 23.2. The summed E-state index contributed by atoms with van der Waals surface area (Å²) < 4.78 is 12.8. The van der Waals surface area contributed by atoms with Gasteiger partial charge in [-0.05, 0) is 49.9 Å². The largest absolute Gasteiger partial charge is 0.494 e. The quantitative estimate of drug-likeness (QED) is 0.191. The van der Waals surface area contributed by atoms with Gasteiger partial charge >= 0.3 is 0 Å². The average molecular weight is 541 g/mol. The van der Waals surface area contributed by atoms with Crippen LogP contribution in [0.1, 0.15) is 56.1 Å². The molecule has 2 aromatic carbocycles. The van der Waals surface area contributed by atoms with Gasteiger partial charge in [0.25, 0.3) is 0 Å². The summed E-state index contributed by atoms with van der Waals surface area (Å²) in [6.45, 7) is 4.04. The molecule has 0 radical (unpaired) electrons. The van der Waals surface area contributed by atoms with Crippen LogP contribution < -0.4 is 20.1 Å². The van der Waals surface area contributed by atoms with Crippen molar-refractivity contribution in [2.24, 2.45) is 0 Å². The molecule has 2 heterocycles. The highest BCUT2D eigenvalue weighted by molar-refractivity contribution is 7.23. The zero-order valence-electron chi connectivity index (χ0n) is 21.6. The maximum Gasteiger partial charge on any atom is 0.226 e. The molecular weight excluding hydrogens is 508 g/mol. The monoisotopic (exact) mass is 540 g/mol. The van der Waals surface area contributed by atoms with Gasteiger partial charge in [-0.3, -0.25) is 9.59 Å². The van der Waals surface area contributed by atoms with E-state index in [1.54, 1.807) is 14.2 Å². The molecule has 0 aliphatic carbocycles. The van der Waals surface area contributed by atoms with Crippen LogP contribution in [0.2, 0.25) is 0 Å². The highest BCUT2D eigenvalue weighted by atomic mass is 32.1. The Labute approximate surface area is 224 Å². The molecule has 10 heteroatoms. The molecular formula is C27H32N4O4S2. The summed E-state index contributed by atoms with van der Waals surface area (Å²) in [6, 6.07) is 7.78. The first-order valence-corrected chi connectivity index (χ1v) is 14.0. The first-order chi connectivity index (χ1) is 17.9.